The summed E-state index contributed by atoms with van der Waals surface area (Å²) < 4.78 is 24.3. The fourth-order valence-electron chi connectivity index (χ4n) is 1.44. The Morgan fingerprint density at radius 1 is 1.12 bits per heavy atom. The molecule has 0 aliphatic rings. The molecule has 2 aromatic rings. The maximum atomic E-state index is 12.1. The summed E-state index contributed by atoms with van der Waals surface area (Å²) in [6, 6.07) is 11.1. The lowest BCUT2D eigenvalue weighted by Crippen LogP contribution is -1.90. The van der Waals surface area contributed by atoms with Crippen LogP contribution >= 0.6 is 23.1 Å². The van der Waals surface area contributed by atoms with Crippen LogP contribution in [0.5, 0.6) is 0 Å². The number of rotatable bonds is 4. The van der Waals surface area contributed by atoms with E-state index in [1.54, 1.807) is 23.5 Å². The topological polar surface area (TPSA) is 26.0 Å². The van der Waals surface area contributed by atoms with E-state index in [0.717, 1.165) is 15.3 Å². The average Bonchev–Trinajstić information content (AvgIpc) is 2.78. The highest BCUT2D eigenvalue weighted by Gasteiger charge is 2.06. The second kappa shape index (κ2) is 5.62. The molecule has 0 unspecified atom stereocenters. The summed E-state index contributed by atoms with van der Waals surface area (Å²) in [6.07, 6.45) is 0. The molecular weight excluding hydrogens is 260 g/mol. The zero-order valence-corrected chi connectivity index (χ0v) is 10.5. The first kappa shape index (κ1) is 12.5. The van der Waals surface area contributed by atoms with Crippen LogP contribution in [0.25, 0.3) is 10.4 Å². The summed E-state index contributed by atoms with van der Waals surface area (Å²) in [4.78, 5) is 2.81. The lowest BCUT2D eigenvalue weighted by atomic mass is 10.2. The highest BCUT2D eigenvalue weighted by Crippen LogP contribution is 2.31. The fraction of sp³-hybridized carbons (Fsp3) is 0.167. The van der Waals surface area contributed by atoms with Crippen LogP contribution in [0.2, 0.25) is 0 Å². The molecule has 0 bridgehead atoms. The normalized spacial score (nSPS) is 11.1. The Morgan fingerprint density at radius 2 is 1.82 bits per heavy atom. The number of thiophene rings is 1. The van der Waals surface area contributed by atoms with E-state index in [4.69, 9.17) is 5.73 Å². The van der Waals surface area contributed by atoms with Gasteiger partial charge in [-0.2, -0.15) is 8.78 Å². The SMILES string of the molecule is NCc1ccc(-c2ccc(SC(F)F)cc2)s1. The van der Waals surface area contributed by atoms with E-state index in [1.165, 1.54) is 0 Å². The quantitative estimate of drug-likeness (QED) is 0.844. The molecule has 0 aliphatic heterocycles. The van der Waals surface area contributed by atoms with Crippen molar-refractivity contribution in [2.45, 2.75) is 17.2 Å². The van der Waals surface area contributed by atoms with Gasteiger partial charge < -0.3 is 5.73 Å². The van der Waals surface area contributed by atoms with Crippen LogP contribution in [0.3, 0.4) is 0 Å². The van der Waals surface area contributed by atoms with Crippen LogP contribution < -0.4 is 5.73 Å². The van der Waals surface area contributed by atoms with E-state index in [-0.39, 0.29) is 0 Å². The molecule has 1 nitrogen and oxygen atoms in total. The minimum absolute atomic E-state index is 0.532. The van der Waals surface area contributed by atoms with Gasteiger partial charge in [0.2, 0.25) is 0 Å². The number of hydrogen-bond donors (Lipinski definition) is 1. The monoisotopic (exact) mass is 271 g/mol. The predicted molar refractivity (Wildman–Crippen MR) is 69.5 cm³/mol. The van der Waals surface area contributed by atoms with Crippen LogP contribution in [-0.2, 0) is 6.54 Å². The first-order chi connectivity index (χ1) is 8.19. The smallest absolute Gasteiger partial charge is 0.288 e. The van der Waals surface area contributed by atoms with Crippen molar-refractivity contribution in [2.75, 3.05) is 0 Å². The van der Waals surface area contributed by atoms with Crippen LogP contribution in [0.4, 0.5) is 8.78 Å². The Labute approximate surface area is 107 Å². The Morgan fingerprint density at radius 3 is 2.35 bits per heavy atom. The molecule has 2 N–H and O–H groups in total. The third-order valence-electron chi connectivity index (χ3n) is 2.23. The van der Waals surface area contributed by atoms with Gasteiger partial charge in [0.25, 0.3) is 5.76 Å². The maximum Gasteiger partial charge on any atom is 0.288 e. The number of benzene rings is 1. The number of alkyl halides is 2. The minimum atomic E-state index is -2.37. The van der Waals surface area contributed by atoms with Crippen molar-refractivity contribution >= 4 is 23.1 Å². The molecule has 0 spiro atoms. The number of hydrogen-bond acceptors (Lipinski definition) is 3. The van der Waals surface area contributed by atoms with E-state index in [1.807, 2.05) is 24.3 Å². The Bertz CT molecular complexity index is 480. The third kappa shape index (κ3) is 3.28. The molecule has 0 fully saturated rings. The zero-order chi connectivity index (χ0) is 12.3. The Kier molecular flexibility index (Phi) is 4.15. The van der Waals surface area contributed by atoms with Gasteiger partial charge in [-0.15, -0.1) is 11.3 Å². The summed E-state index contributed by atoms with van der Waals surface area (Å²) in [5, 5.41) is 0. The summed E-state index contributed by atoms with van der Waals surface area (Å²) >= 11 is 2.19. The highest BCUT2D eigenvalue weighted by atomic mass is 32.2. The number of halogens is 2. The van der Waals surface area contributed by atoms with E-state index in [9.17, 15) is 8.78 Å². The molecule has 0 aliphatic carbocycles. The summed E-state index contributed by atoms with van der Waals surface area (Å²) in [5.74, 6) is -2.37. The Hall–Kier alpha value is -0.910. The second-order valence-electron chi connectivity index (χ2n) is 3.37. The molecule has 1 aromatic heterocycles. The number of nitrogens with two attached hydrogens (primary N) is 1. The molecule has 1 heterocycles. The van der Waals surface area contributed by atoms with Gasteiger partial charge in [-0.3, -0.25) is 0 Å². The zero-order valence-electron chi connectivity index (χ0n) is 8.90. The largest absolute Gasteiger partial charge is 0.326 e. The lowest BCUT2D eigenvalue weighted by Gasteiger charge is -2.01. The van der Waals surface area contributed by atoms with Gasteiger partial charge in [-0.25, -0.2) is 0 Å². The molecule has 0 atom stereocenters. The molecule has 0 amide bonds. The van der Waals surface area contributed by atoms with Crippen molar-refractivity contribution in [1.29, 1.82) is 0 Å². The van der Waals surface area contributed by atoms with Gasteiger partial charge >= 0.3 is 0 Å². The van der Waals surface area contributed by atoms with Gasteiger partial charge in [0.05, 0.1) is 0 Å². The summed E-state index contributed by atoms with van der Waals surface area (Å²) in [6.45, 7) is 0.532. The van der Waals surface area contributed by atoms with Gasteiger partial charge in [0.15, 0.2) is 0 Å². The van der Waals surface area contributed by atoms with Crippen LogP contribution in [0, 0.1) is 0 Å². The number of thioether (sulfide) groups is 1. The first-order valence-corrected chi connectivity index (χ1v) is 6.72. The van der Waals surface area contributed by atoms with Crippen LogP contribution in [0.15, 0.2) is 41.3 Å². The summed E-state index contributed by atoms with van der Waals surface area (Å²) in [7, 11) is 0. The fourth-order valence-corrected chi connectivity index (χ4v) is 2.83. The maximum absolute atomic E-state index is 12.1. The lowest BCUT2D eigenvalue weighted by molar-refractivity contribution is 0.252. The van der Waals surface area contributed by atoms with E-state index < -0.39 is 5.76 Å². The predicted octanol–water partition coefficient (Wildman–Crippen LogP) is 4.19. The van der Waals surface area contributed by atoms with Gasteiger partial charge in [0, 0.05) is 21.2 Å². The molecule has 1 aromatic carbocycles. The van der Waals surface area contributed by atoms with Gasteiger partial charge in [-0.1, -0.05) is 23.9 Å². The average molecular weight is 271 g/mol. The van der Waals surface area contributed by atoms with E-state index in [0.29, 0.717) is 23.2 Å². The molecule has 5 heteroatoms. The third-order valence-corrected chi connectivity index (χ3v) is 4.11. The Balaban J connectivity index is 2.17. The van der Waals surface area contributed by atoms with Crippen molar-refractivity contribution in [3.8, 4) is 10.4 Å². The standard InChI is InChI=1S/C12H11F2NS2/c13-12(14)17-9-3-1-8(2-4-9)11-6-5-10(7-15)16-11/h1-6,12H,7,15H2. The summed E-state index contributed by atoms with van der Waals surface area (Å²) in [5.41, 5.74) is 6.58. The molecular formula is C12H11F2NS2. The van der Waals surface area contributed by atoms with Gasteiger partial charge in [-0.05, 0) is 29.8 Å². The first-order valence-electron chi connectivity index (χ1n) is 5.03. The molecule has 2 rings (SSSR count). The molecule has 0 saturated carbocycles. The molecule has 0 radical (unpaired) electrons. The molecule has 0 saturated heterocycles. The van der Waals surface area contributed by atoms with Crippen molar-refractivity contribution in [3.05, 3.63) is 41.3 Å². The van der Waals surface area contributed by atoms with Crippen molar-refractivity contribution in [3.63, 3.8) is 0 Å². The second-order valence-corrected chi connectivity index (χ2v) is 5.60. The van der Waals surface area contributed by atoms with E-state index >= 15 is 0 Å². The highest BCUT2D eigenvalue weighted by molar-refractivity contribution is 7.99. The molecule has 90 valence electrons. The van der Waals surface area contributed by atoms with Gasteiger partial charge in [0.1, 0.15) is 0 Å². The van der Waals surface area contributed by atoms with Crippen molar-refractivity contribution in [2.24, 2.45) is 5.73 Å². The molecule has 17 heavy (non-hydrogen) atoms. The van der Waals surface area contributed by atoms with Crippen LogP contribution in [0.1, 0.15) is 4.88 Å². The van der Waals surface area contributed by atoms with E-state index in [2.05, 4.69) is 0 Å². The minimum Gasteiger partial charge on any atom is -0.326 e. The van der Waals surface area contributed by atoms with Crippen molar-refractivity contribution < 1.29 is 8.78 Å². The van der Waals surface area contributed by atoms with Crippen LogP contribution in [-0.4, -0.2) is 5.76 Å². The van der Waals surface area contributed by atoms with Crippen molar-refractivity contribution in [1.82, 2.24) is 0 Å².